The van der Waals surface area contributed by atoms with Crippen molar-refractivity contribution in [3.05, 3.63) is 21.6 Å². The fourth-order valence-corrected chi connectivity index (χ4v) is 4.92. The number of rotatable bonds is 0. The second-order valence-corrected chi connectivity index (χ2v) is 6.92. The molecule has 0 saturated carbocycles. The Labute approximate surface area is 71.4 Å². The van der Waals surface area contributed by atoms with Gasteiger partial charge >= 0.3 is 0 Å². The predicted molar refractivity (Wildman–Crippen MR) is 48.9 cm³/mol. The van der Waals surface area contributed by atoms with Crippen LogP contribution < -0.4 is 0 Å². The Hall–Kier alpha value is 0.840. The average molecular weight is 194 g/mol. The molecule has 0 fully saturated rings. The third-order valence-corrected chi connectivity index (χ3v) is 6.38. The maximum absolute atomic E-state index is 2.14. The summed E-state index contributed by atoms with van der Waals surface area (Å²) in [4.78, 5) is 0. The van der Waals surface area contributed by atoms with Gasteiger partial charge in [0.05, 0.1) is 0 Å². The first-order chi connectivity index (χ1) is 4.41. The van der Waals surface area contributed by atoms with Crippen LogP contribution in [0.4, 0.5) is 0 Å². The third kappa shape index (κ3) is 1.17. The maximum Gasteiger partial charge on any atom is 0.144 e. The van der Waals surface area contributed by atoms with E-state index >= 15 is 0 Å². The van der Waals surface area contributed by atoms with Gasteiger partial charge in [0, 0.05) is 21.6 Å². The summed E-state index contributed by atoms with van der Waals surface area (Å²) in [6, 6.07) is 0. The first-order valence-electron chi connectivity index (χ1n) is 2.34. The van der Waals surface area contributed by atoms with Crippen molar-refractivity contribution in [3.8, 4) is 0 Å². The summed E-state index contributed by atoms with van der Waals surface area (Å²) in [6.07, 6.45) is 0. The highest BCUT2D eigenvalue weighted by Crippen LogP contribution is 2.60. The van der Waals surface area contributed by atoms with Crippen LogP contribution in [0.25, 0.3) is 0 Å². The smallest absolute Gasteiger partial charge is 0.0643 e. The molecule has 1 nitrogen and oxygen atoms in total. The van der Waals surface area contributed by atoms with Crippen LogP contribution in [-0.4, -0.2) is 2.10 Å². The molecule has 2 heterocycles. The molecule has 0 aromatic heterocycles. The van der Waals surface area contributed by atoms with Crippen LogP contribution in [0.5, 0.6) is 0 Å². The molecule has 0 aliphatic carbocycles. The van der Waals surface area contributed by atoms with Gasteiger partial charge in [-0.1, -0.05) is 2.10 Å². The van der Waals surface area contributed by atoms with Crippen LogP contribution in [0.1, 0.15) is 0 Å². The van der Waals surface area contributed by atoms with E-state index in [-0.39, 0.29) is 0 Å². The van der Waals surface area contributed by atoms with E-state index in [4.69, 9.17) is 0 Å². The van der Waals surface area contributed by atoms with Crippen molar-refractivity contribution in [2.24, 2.45) is 0 Å². The van der Waals surface area contributed by atoms with E-state index in [0.29, 0.717) is 0 Å². The number of hydrogen-bond donors (Lipinski definition) is 0. The minimum absolute atomic E-state index is 0.944. The van der Waals surface area contributed by atoms with Crippen molar-refractivity contribution < 1.29 is 2.10 Å². The maximum atomic E-state index is 2.14. The Bertz CT molecular complexity index is 136. The van der Waals surface area contributed by atoms with Crippen molar-refractivity contribution in [3.63, 3.8) is 0 Å². The van der Waals surface area contributed by atoms with E-state index in [0.717, 1.165) is 2.10 Å². The van der Waals surface area contributed by atoms with Crippen molar-refractivity contribution in [2.45, 2.75) is 0 Å². The predicted octanol–water partition coefficient (Wildman–Crippen LogP) is 3.37. The van der Waals surface area contributed by atoms with Crippen LogP contribution in [-0.2, 0) is 0 Å². The lowest BCUT2D eigenvalue weighted by molar-refractivity contribution is -0.263. The zero-order valence-corrected chi connectivity index (χ0v) is 7.66. The highest BCUT2D eigenvalue weighted by Gasteiger charge is 2.39. The fraction of sp³-hybridized carbons (Fsp3) is 0. The van der Waals surface area contributed by atoms with Crippen molar-refractivity contribution in [1.29, 1.82) is 0 Å². The molecule has 1 spiro atoms. The molecule has 0 bridgehead atoms. The molecular formula is C4H4NS4+. The van der Waals surface area contributed by atoms with E-state index in [9.17, 15) is 0 Å². The summed E-state index contributed by atoms with van der Waals surface area (Å²) in [5, 5.41) is 8.55. The summed E-state index contributed by atoms with van der Waals surface area (Å²) < 4.78 is 0.944. The molecule has 5 heteroatoms. The van der Waals surface area contributed by atoms with Crippen molar-refractivity contribution in [1.82, 2.24) is 0 Å². The molecule has 2 aliphatic rings. The number of hydrogen-bond acceptors (Lipinski definition) is 4. The third-order valence-electron chi connectivity index (χ3n) is 0.871. The van der Waals surface area contributed by atoms with E-state index in [2.05, 4.69) is 21.6 Å². The van der Waals surface area contributed by atoms with Gasteiger partial charge in [0.2, 0.25) is 0 Å². The minimum atomic E-state index is 0.944. The van der Waals surface area contributed by atoms with Crippen LogP contribution in [0.3, 0.4) is 0 Å². The molecule has 0 saturated heterocycles. The SMILES string of the molecule is C1=CS[N+]2(S1)SC=CS2. The van der Waals surface area contributed by atoms with Gasteiger partial charge < -0.3 is 0 Å². The summed E-state index contributed by atoms with van der Waals surface area (Å²) in [5.74, 6) is 0. The monoisotopic (exact) mass is 194 g/mol. The van der Waals surface area contributed by atoms with Gasteiger partial charge in [0.1, 0.15) is 47.8 Å². The van der Waals surface area contributed by atoms with Crippen molar-refractivity contribution >= 4 is 47.8 Å². The molecule has 2 rings (SSSR count). The van der Waals surface area contributed by atoms with E-state index < -0.39 is 0 Å². The minimum Gasteiger partial charge on any atom is -0.0643 e. The van der Waals surface area contributed by atoms with Gasteiger partial charge in [-0.25, -0.2) is 0 Å². The largest absolute Gasteiger partial charge is 0.144 e. The summed E-state index contributed by atoms with van der Waals surface area (Å²) in [7, 11) is 0. The lowest BCUT2D eigenvalue weighted by Gasteiger charge is -2.13. The van der Waals surface area contributed by atoms with E-state index in [1.54, 1.807) is 0 Å². The number of quaternary nitrogens is 1. The van der Waals surface area contributed by atoms with Crippen LogP contribution in [0, 0.1) is 0 Å². The molecule has 0 radical (unpaired) electrons. The summed E-state index contributed by atoms with van der Waals surface area (Å²) >= 11 is 7.34. The Morgan fingerprint density at radius 3 is 1.33 bits per heavy atom. The zero-order chi connectivity index (χ0) is 6.16. The fourth-order valence-electron chi connectivity index (χ4n) is 0.547. The van der Waals surface area contributed by atoms with E-state index in [1.807, 2.05) is 47.8 Å². The second-order valence-electron chi connectivity index (χ2n) is 1.41. The Morgan fingerprint density at radius 1 is 0.667 bits per heavy atom. The molecule has 2 aliphatic heterocycles. The Balaban J connectivity index is 2.11. The first kappa shape index (κ1) is 6.54. The number of nitrogens with zero attached hydrogens (tertiary/aromatic N) is 1. The first-order valence-corrected chi connectivity index (χ1v) is 5.69. The van der Waals surface area contributed by atoms with Gasteiger partial charge in [-0.2, -0.15) is 0 Å². The topological polar surface area (TPSA) is 0 Å². The lowest BCUT2D eigenvalue weighted by atomic mass is 11.3. The molecule has 0 N–H and O–H groups in total. The molecule has 0 atom stereocenters. The van der Waals surface area contributed by atoms with Gasteiger partial charge in [0.15, 0.2) is 0 Å². The molecule has 0 amide bonds. The highest BCUT2D eigenvalue weighted by molar-refractivity contribution is 8.33. The van der Waals surface area contributed by atoms with Gasteiger partial charge in [-0.15, -0.1) is 0 Å². The zero-order valence-electron chi connectivity index (χ0n) is 4.39. The lowest BCUT2D eigenvalue weighted by Crippen LogP contribution is -2.04. The van der Waals surface area contributed by atoms with Crippen molar-refractivity contribution in [2.75, 3.05) is 0 Å². The molecule has 9 heavy (non-hydrogen) atoms. The Kier molecular flexibility index (Phi) is 1.79. The summed E-state index contributed by atoms with van der Waals surface area (Å²) in [6.45, 7) is 0. The van der Waals surface area contributed by atoms with E-state index in [1.165, 1.54) is 0 Å². The average Bonchev–Trinajstić information content (AvgIpc) is 2.45. The standard InChI is InChI=1S/C4H4NS4/c1-2-7-5(6-1)8-3-4-9-5/h1-4H/q+1. The summed E-state index contributed by atoms with van der Waals surface area (Å²) in [5.41, 5.74) is 0. The molecular weight excluding hydrogens is 190 g/mol. The quantitative estimate of drug-likeness (QED) is 0.428. The van der Waals surface area contributed by atoms with Crippen LogP contribution in [0.2, 0.25) is 0 Å². The highest BCUT2D eigenvalue weighted by atomic mass is 32.3. The molecule has 48 valence electrons. The van der Waals surface area contributed by atoms with Gasteiger partial charge in [-0.05, 0) is 0 Å². The molecule has 0 aromatic carbocycles. The van der Waals surface area contributed by atoms with Crippen LogP contribution in [0.15, 0.2) is 21.6 Å². The van der Waals surface area contributed by atoms with Crippen LogP contribution >= 0.6 is 47.8 Å². The second kappa shape index (κ2) is 2.47. The van der Waals surface area contributed by atoms with Gasteiger partial charge in [-0.3, -0.25) is 0 Å². The molecule has 0 unspecified atom stereocenters. The van der Waals surface area contributed by atoms with Gasteiger partial charge in [0.25, 0.3) is 0 Å². The molecule has 0 aromatic rings. The Morgan fingerprint density at radius 2 is 1.00 bits per heavy atom. The normalized spacial score (nSPS) is 28.4.